The van der Waals surface area contributed by atoms with E-state index in [9.17, 15) is 4.39 Å². The lowest BCUT2D eigenvalue weighted by atomic mass is 10.1. The molecule has 7 heteroatoms. The van der Waals surface area contributed by atoms with E-state index < -0.39 is 5.82 Å². The van der Waals surface area contributed by atoms with Crippen LogP contribution in [-0.4, -0.2) is 4.98 Å². The minimum atomic E-state index is -0.526. The molecule has 1 heterocycles. The molecular formula is C11H3Cl5FN. The Morgan fingerprint density at radius 1 is 0.778 bits per heavy atom. The topological polar surface area (TPSA) is 12.9 Å². The predicted octanol–water partition coefficient (Wildman–Crippen LogP) is 6.15. The average Bonchev–Trinajstić information content (AvgIpc) is 2.34. The summed E-state index contributed by atoms with van der Waals surface area (Å²) in [6.07, 6.45) is 2.46. The maximum absolute atomic E-state index is 13.2. The van der Waals surface area contributed by atoms with Crippen molar-refractivity contribution < 1.29 is 4.39 Å². The van der Waals surface area contributed by atoms with Crippen LogP contribution in [0.5, 0.6) is 0 Å². The highest BCUT2D eigenvalue weighted by Crippen LogP contribution is 2.47. The van der Waals surface area contributed by atoms with Gasteiger partial charge in [-0.3, -0.25) is 4.98 Å². The van der Waals surface area contributed by atoms with Crippen molar-refractivity contribution in [3.8, 4) is 11.1 Å². The maximum Gasteiger partial charge on any atom is 0.142 e. The van der Waals surface area contributed by atoms with Gasteiger partial charge < -0.3 is 0 Å². The third kappa shape index (κ3) is 2.40. The van der Waals surface area contributed by atoms with Gasteiger partial charge in [-0.1, -0.05) is 58.0 Å². The molecule has 0 aliphatic carbocycles. The molecule has 94 valence electrons. The summed E-state index contributed by atoms with van der Waals surface area (Å²) in [6.45, 7) is 0. The zero-order valence-electron chi connectivity index (χ0n) is 8.45. The van der Waals surface area contributed by atoms with Crippen LogP contribution >= 0.6 is 58.0 Å². The van der Waals surface area contributed by atoms with Crippen LogP contribution in [0, 0.1) is 5.82 Å². The second-order valence-electron chi connectivity index (χ2n) is 3.34. The van der Waals surface area contributed by atoms with Gasteiger partial charge in [-0.15, -0.1) is 0 Å². The molecule has 0 saturated heterocycles. The number of halogens is 6. The van der Waals surface area contributed by atoms with Crippen molar-refractivity contribution in [3.63, 3.8) is 0 Å². The number of nitrogens with zero attached hydrogens (tertiary/aromatic N) is 1. The summed E-state index contributed by atoms with van der Waals surface area (Å²) in [5, 5.41) is 0.382. The molecule has 0 amide bonds. The first kappa shape index (κ1) is 14.2. The van der Waals surface area contributed by atoms with Gasteiger partial charge in [-0.25, -0.2) is 4.39 Å². The van der Waals surface area contributed by atoms with Crippen LogP contribution < -0.4 is 0 Å². The lowest BCUT2D eigenvalue weighted by molar-refractivity contribution is 0.622. The maximum atomic E-state index is 13.2. The summed E-state index contributed by atoms with van der Waals surface area (Å²) in [4.78, 5) is 3.71. The molecule has 18 heavy (non-hydrogen) atoms. The number of aromatic nitrogens is 1. The van der Waals surface area contributed by atoms with Crippen molar-refractivity contribution in [1.82, 2.24) is 4.98 Å². The normalized spacial score (nSPS) is 10.8. The van der Waals surface area contributed by atoms with Gasteiger partial charge in [0.05, 0.1) is 31.3 Å². The van der Waals surface area contributed by atoms with E-state index in [1.807, 2.05) is 0 Å². The molecule has 2 rings (SSSR count). The van der Waals surface area contributed by atoms with Crippen LogP contribution in [0.1, 0.15) is 0 Å². The molecule has 0 fully saturated rings. The summed E-state index contributed by atoms with van der Waals surface area (Å²) < 4.78 is 13.2. The van der Waals surface area contributed by atoms with Crippen LogP contribution in [0.4, 0.5) is 4.39 Å². The van der Waals surface area contributed by atoms with Gasteiger partial charge >= 0.3 is 0 Å². The van der Waals surface area contributed by atoms with Gasteiger partial charge in [0.15, 0.2) is 0 Å². The molecule has 0 atom stereocenters. The second kappa shape index (κ2) is 5.40. The zero-order valence-corrected chi connectivity index (χ0v) is 12.2. The molecule has 0 spiro atoms. The Morgan fingerprint density at radius 2 is 1.28 bits per heavy atom. The fraction of sp³-hybridized carbons (Fsp3) is 0. The molecule has 0 saturated carbocycles. The lowest BCUT2D eigenvalue weighted by Gasteiger charge is -2.12. The summed E-state index contributed by atoms with van der Waals surface area (Å²) in [6, 6.07) is 1.22. The largest absolute Gasteiger partial charge is 0.261 e. The van der Waals surface area contributed by atoms with E-state index in [1.165, 1.54) is 12.3 Å². The average molecular weight is 345 g/mol. The Balaban J connectivity index is 2.80. The van der Waals surface area contributed by atoms with Gasteiger partial charge in [0, 0.05) is 17.3 Å². The third-order valence-electron chi connectivity index (χ3n) is 2.20. The number of benzene rings is 1. The molecule has 0 bridgehead atoms. The molecular weight excluding hydrogens is 342 g/mol. The van der Waals surface area contributed by atoms with Crippen molar-refractivity contribution in [3.05, 3.63) is 49.4 Å². The van der Waals surface area contributed by atoms with Crippen LogP contribution in [0.3, 0.4) is 0 Å². The molecule has 1 aromatic carbocycles. The monoisotopic (exact) mass is 343 g/mol. The molecule has 0 aliphatic rings. The van der Waals surface area contributed by atoms with Crippen LogP contribution in [0.2, 0.25) is 25.1 Å². The minimum Gasteiger partial charge on any atom is -0.261 e. The minimum absolute atomic E-state index is 0.0569. The Morgan fingerprint density at radius 3 is 1.78 bits per heavy atom. The van der Waals surface area contributed by atoms with Crippen molar-refractivity contribution in [2.75, 3.05) is 0 Å². The Kier molecular flexibility index (Phi) is 4.25. The molecule has 0 radical (unpaired) electrons. The van der Waals surface area contributed by atoms with Gasteiger partial charge in [0.2, 0.25) is 0 Å². The van der Waals surface area contributed by atoms with Crippen molar-refractivity contribution in [1.29, 1.82) is 0 Å². The summed E-state index contributed by atoms with van der Waals surface area (Å²) in [7, 11) is 0. The van der Waals surface area contributed by atoms with E-state index in [2.05, 4.69) is 4.98 Å². The molecule has 2 aromatic rings. The fourth-order valence-electron chi connectivity index (χ4n) is 1.41. The highest BCUT2D eigenvalue weighted by molar-refractivity contribution is 6.56. The molecule has 1 nitrogen and oxygen atoms in total. The summed E-state index contributed by atoms with van der Waals surface area (Å²) in [5.74, 6) is -0.526. The van der Waals surface area contributed by atoms with Gasteiger partial charge in [-0.2, -0.15) is 0 Å². The first-order valence-corrected chi connectivity index (χ1v) is 6.44. The second-order valence-corrected chi connectivity index (χ2v) is 5.23. The lowest BCUT2D eigenvalue weighted by Crippen LogP contribution is -1.89. The highest BCUT2D eigenvalue weighted by Gasteiger charge is 2.20. The molecule has 0 N–H and O–H groups in total. The predicted molar refractivity (Wildman–Crippen MR) is 74.7 cm³/mol. The van der Waals surface area contributed by atoms with E-state index >= 15 is 0 Å². The zero-order chi connectivity index (χ0) is 13.4. The SMILES string of the molecule is Fc1cncc(-c2c(Cl)c(Cl)c(Cl)c(Cl)c2Cl)c1. The standard InChI is InChI=1S/C11H3Cl5FN/c12-7-6(4-1-5(17)3-18-2-4)8(13)10(15)11(16)9(7)14/h1-3H. The summed E-state index contributed by atoms with van der Waals surface area (Å²) >= 11 is 29.8. The van der Waals surface area contributed by atoms with Gasteiger partial charge in [0.25, 0.3) is 0 Å². The Bertz CT molecular complexity index is 600. The van der Waals surface area contributed by atoms with Gasteiger partial charge in [0.1, 0.15) is 5.82 Å². The number of hydrogen-bond donors (Lipinski definition) is 0. The van der Waals surface area contributed by atoms with Crippen LogP contribution in [0.15, 0.2) is 18.5 Å². The molecule has 0 unspecified atom stereocenters. The van der Waals surface area contributed by atoms with E-state index in [0.29, 0.717) is 11.1 Å². The Labute approximate surface area is 127 Å². The number of hydrogen-bond acceptors (Lipinski definition) is 1. The smallest absolute Gasteiger partial charge is 0.142 e. The van der Waals surface area contributed by atoms with Crippen molar-refractivity contribution in [2.45, 2.75) is 0 Å². The first-order valence-electron chi connectivity index (χ1n) is 4.55. The Hall–Kier alpha value is -0.250. The van der Waals surface area contributed by atoms with E-state index in [1.54, 1.807) is 0 Å². The van der Waals surface area contributed by atoms with E-state index in [-0.39, 0.29) is 25.1 Å². The third-order valence-corrected chi connectivity index (χ3v) is 4.48. The number of pyridine rings is 1. The van der Waals surface area contributed by atoms with E-state index in [4.69, 9.17) is 58.0 Å². The fourth-order valence-corrected chi connectivity index (χ4v) is 2.76. The summed E-state index contributed by atoms with van der Waals surface area (Å²) in [5.41, 5.74) is 0.662. The van der Waals surface area contributed by atoms with Crippen LogP contribution in [0.25, 0.3) is 11.1 Å². The molecule has 0 aliphatic heterocycles. The van der Waals surface area contributed by atoms with Gasteiger partial charge in [-0.05, 0) is 6.07 Å². The number of rotatable bonds is 1. The molecule has 1 aromatic heterocycles. The van der Waals surface area contributed by atoms with Crippen LogP contribution in [-0.2, 0) is 0 Å². The van der Waals surface area contributed by atoms with E-state index in [0.717, 1.165) is 6.20 Å². The quantitative estimate of drug-likeness (QED) is 0.446. The first-order chi connectivity index (χ1) is 8.43. The van der Waals surface area contributed by atoms with Crippen molar-refractivity contribution >= 4 is 58.0 Å². The van der Waals surface area contributed by atoms with Crippen molar-refractivity contribution in [2.24, 2.45) is 0 Å². The highest BCUT2D eigenvalue weighted by atomic mass is 35.5.